The third-order valence-corrected chi connectivity index (χ3v) is 4.73. The summed E-state index contributed by atoms with van der Waals surface area (Å²) in [5.41, 5.74) is 1.87. The van der Waals surface area contributed by atoms with Gasteiger partial charge in [0.25, 0.3) is 0 Å². The van der Waals surface area contributed by atoms with Crippen molar-refractivity contribution in [3.63, 3.8) is 0 Å². The first-order chi connectivity index (χ1) is 11.6. The maximum atomic E-state index is 11.8. The molecule has 0 aliphatic rings. The molecule has 0 heterocycles. The Morgan fingerprint density at radius 2 is 1.88 bits per heavy atom. The van der Waals surface area contributed by atoms with Gasteiger partial charge in [0.2, 0.25) is 0 Å². The number of rotatable bonds is 6. The summed E-state index contributed by atoms with van der Waals surface area (Å²) < 4.78 is 4.81. The Morgan fingerprint density at radius 1 is 1.12 bits per heavy atom. The fourth-order valence-electron chi connectivity index (χ4n) is 2.00. The molecule has 0 saturated heterocycles. The van der Waals surface area contributed by atoms with Crippen molar-refractivity contribution in [1.29, 1.82) is 0 Å². The molecule has 0 saturated carbocycles. The molecule has 0 fully saturated rings. The molecule has 2 aromatic carbocycles. The molecule has 0 atom stereocenters. The fourth-order valence-corrected chi connectivity index (χ4v) is 3.50. The van der Waals surface area contributed by atoms with Gasteiger partial charge in [0.1, 0.15) is 7.11 Å². The Bertz CT molecular complexity index is 765. The van der Waals surface area contributed by atoms with E-state index in [-0.39, 0.29) is 5.97 Å². The lowest BCUT2D eigenvalue weighted by Crippen LogP contribution is -2.08. The summed E-state index contributed by atoms with van der Waals surface area (Å²) in [5.74, 6) is 0.0799. The highest BCUT2D eigenvalue weighted by atomic mass is 35.5. The number of benzene rings is 2. The molecule has 4 nitrogen and oxygen atoms in total. The number of ether oxygens (including phenoxy) is 1. The van der Waals surface area contributed by atoms with Crippen LogP contribution in [0.15, 0.2) is 52.5 Å². The van der Waals surface area contributed by atoms with E-state index >= 15 is 0 Å². The number of oxime groups is 1. The molecule has 0 aliphatic carbocycles. The van der Waals surface area contributed by atoms with Crippen molar-refractivity contribution in [1.82, 2.24) is 0 Å². The van der Waals surface area contributed by atoms with Crippen molar-refractivity contribution >= 4 is 46.6 Å². The molecule has 0 aliphatic heterocycles. The van der Waals surface area contributed by atoms with Crippen molar-refractivity contribution in [3.05, 3.63) is 63.6 Å². The van der Waals surface area contributed by atoms with E-state index in [1.54, 1.807) is 30.3 Å². The van der Waals surface area contributed by atoms with E-state index in [2.05, 4.69) is 5.16 Å². The Hall–Kier alpha value is -1.69. The number of carbonyl (C=O) groups excluding carboxylic acids is 1. The predicted octanol–water partition coefficient (Wildman–Crippen LogP) is 4.92. The minimum Gasteiger partial charge on any atom is -0.465 e. The number of esters is 1. The lowest BCUT2D eigenvalue weighted by Gasteiger charge is -2.10. The first-order valence-electron chi connectivity index (χ1n) is 6.92. The average Bonchev–Trinajstić information content (AvgIpc) is 2.58. The molecule has 0 amide bonds. The molecule has 0 radical (unpaired) electrons. The van der Waals surface area contributed by atoms with E-state index in [4.69, 9.17) is 32.8 Å². The number of hydrogen-bond donors (Lipinski definition) is 0. The standard InChI is InChI=1S/C17H15Cl2NO3S/c1-22-17(21)13-5-3-4-6-16(13)24-10-15(20-23-2)12-8-7-11(18)9-14(12)19/h3-9H,10H2,1-2H3/b20-15+. The molecule has 0 spiro atoms. The van der Waals surface area contributed by atoms with E-state index in [1.165, 1.54) is 26.0 Å². The van der Waals surface area contributed by atoms with Crippen LogP contribution in [-0.4, -0.2) is 31.7 Å². The van der Waals surface area contributed by atoms with Crippen LogP contribution in [0.2, 0.25) is 10.0 Å². The number of carbonyl (C=O) groups is 1. The third-order valence-electron chi connectivity index (χ3n) is 3.10. The van der Waals surface area contributed by atoms with E-state index in [9.17, 15) is 4.79 Å². The summed E-state index contributed by atoms with van der Waals surface area (Å²) in [6, 6.07) is 12.4. The normalized spacial score (nSPS) is 11.2. The summed E-state index contributed by atoms with van der Waals surface area (Å²) in [7, 11) is 2.83. The van der Waals surface area contributed by atoms with Gasteiger partial charge in [-0.3, -0.25) is 0 Å². The molecule has 126 valence electrons. The first kappa shape index (κ1) is 18.6. The predicted molar refractivity (Wildman–Crippen MR) is 98.5 cm³/mol. The van der Waals surface area contributed by atoms with Gasteiger partial charge in [0, 0.05) is 21.2 Å². The van der Waals surface area contributed by atoms with Crippen LogP contribution in [0.5, 0.6) is 0 Å². The highest BCUT2D eigenvalue weighted by Crippen LogP contribution is 2.27. The summed E-state index contributed by atoms with van der Waals surface area (Å²) in [5, 5.41) is 5.08. The van der Waals surface area contributed by atoms with Crippen molar-refractivity contribution in [3.8, 4) is 0 Å². The van der Waals surface area contributed by atoms with Crippen molar-refractivity contribution in [2.75, 3.05) is 20.0 Å². The van der Waals surface area contributed by atoms with Crippen LogP contribution in [0, 0.1) is 0 Å². The number of hydrogen-bond acceptors (Lipinski definition) is 5. The molecule has 24 heavy (non-hydrogen) atoms. The number of thioether (sulfide) groups is 1. The van der Waals surface area contributed by atoms with Gasteiger partial charge in [-0.15, -0.1) is 11.8 Å². The highest BCUT2D eigenvalue weighted by Gasteiger charge is 2.15. The summed E-state index contributed by atoms with van der Waals surface area (Å²) in [6.07, 6.45) is 0. The minimum absolute atomic E-state index is 0.382. The lowest BCUT2D eigenvalue weighted by atomic mass is 10.1. The van der Waals surface area contributed by atoms with Gasteiger partial charge < -0.3 is 9.57 Å². The van der Waals surface area contributed by atoms with Crippen molar-refractivity contribution < 1.29 is 14.4 Å². The summed E-state index contributed by atoms with van der Waals surface area (Å²) in [4.78, 5) is 17.6. The monoisotopic (exact) mass is 383 g/mol. The maximum absolute atomic E-state index is 11.8. The van der Waals surface area contributed by atoms with Gasteiger partial charge in [-0.25, -0.2) is 4.79 Å². The van der Waals surface area contributed by atoms with Crippen molar-refractivity contribution in [2.45, 2.75) is 4.90 Å². The summed E-state index contributed by atoms with van der Waals surface area (Å²) >= 11 is 13.6. The Morgan fingerprint density at radius 3 is 2.54 bits per heavy atom. The van der Waals surface area contributed by atoms with Crippen LogP contribution in [0.4, 0.5) is 0 Å². The first-order valence-corrected chi connectivity index (χ1v) is 8.66. The second-order valence-electron chi connectivity index (χ2n) is 4.62. The molecule has 0 N–H and O–H groups in total. The minimum atomic E-state index is -0.382. The fraction of sp³-hybridized carbons (Fsp3) is 0.176. The second kappa shape index (κ2) is 8.97. The number of nitrogens with zero attached hydrogens (tertiary/aromatic N) is 1. The van der Waals surface area contributed by atoms with Gasteiger partial charge >= 0.3 is 5.97 Å². The topological polar surface area (TPSA) is 47.9 Å². The molecule has 2 aromatic rings. The van der Waals surface area contributed by atoms with E-state index in [0.717, 1.165) is 10.5 Å². The molecule has 0 unspecified atom stereocenters. The van der Waals surface area contributed by atoms with E-state index < -0.39 is 0 Å². The van der Waals surface area contributed by atoms with Crippen LogP contribution < -0.4 is 0 Å². The smallest absolute Gasteiger partial charge is 0.338 e. The highest BCUT2D eigenvalue weighted by molar-refractivity contribution is 8.00. The zero-order chi connectivity index (χ0) is 17.5. The Balaban J connectivity index is 2.25. The van der Waals surface area contributed by atoms with Gasteiger partial charge in [-0.1, -0.05) is 46.6 Å². The zero-order valence-corrected chi connectivity index (χ0v) is 15.4. The number of methoxy groups -OCH3 is 1. The van der Waals surface area contributed by atoms with E-state index in [1.807, 2.05) is 12.1 Å². The molecular weight excluding hydrogens is 369 g/mol. The number of halogens is 2. The largest absolute Gasteiger partial charge is 0.465 e. The molecule has 0 bridgehead atoms. The Kier molecular flexibility index (Phi) is 6.97. The lowest BCUT2D eigenvalue weighted by molar-refractivity contribution is 0.0597. The molecule has 2 rings (SSSR count). The van der Waals surface area contributed by atoms with Gasteiger partial charge in [0.05, 0.1) is 23.4 Å². The van der Waals surface area contributed by atoms with Gasteiger partial charge in [-0.2, -0.15) is 0 Å². The maximum Gasteiger partial charge on any atom is 0.338 e. The molecule has 0 aromatic heterocycles. The van der Waals surface area contributed by atoms with Crippen LogP contribution in [-0.2, 0) is 9.57 Å². The van der Waals surface area contributed by atoms with Crippen LogP contribution >= 0.6 is 35.0 Å². The van der Waals surface area contributed by atoms with Crippen molar-refractivity contribution in [2.24, 2.45) is 5.16 Å². The summed E-state index contributed by atoms with van der Waals surface area (Å²) in [6.45, 7) is 0. The van der Waals surface area contributed by atoms with E-state index in [0.29, 0.717) is 27.1 Å². The molecular formula is C17H15Cl2NO3S. The van der Waals surface area contributed by atoms with Gasteiger partial charge in [0.15, 0.2) is 0 Å². The third kappa shape index (κ3) is 4.66. The van der Waals surface area contributed by atoms with Crippen LogP contribution in [0.1, 0.15) is 15.9 Å². The van der Waals surface area contributed by atoms with Gasteiger partial charge in [-0.05, 0) is 24.3 Å². The zero-order valence-electron chi connectivity index (χ0n) is 13.1. The second-order valence-corrected chi connectivity index (χ2v) is 6.48. The average molecular weight is 384 g/mol. The quantitative estimate of drug-likeness (QED) is 0.307. The van der Waals surface area contributed by atoms with Crippen LogP contribution in [0.3, 0.4) is 0 Å². The van der Waals surface area contributed by atoms with Crippen LogP contribution in [0.25, 0.3) is 0 Å². The SMILES string of the molecule is CO/N=C(\CSc1ccccc1C(=O)OC)c1ccc(Cl)cc1Cl. The molecule has 7 heteroatoms. The Labute approximate surface area is 154 Å².